The number of rotatable bonds is 8. The van der Waals surface area contributed by atoms with Gasteiger partial charge in [-0.15, -0.1) is 0 Å². The summed E-state index contributed by atoms with van der Waals surface area (Å²) in [6.07, 6.45) is 0. The monoisotopic (exact) mass is 345 g/mol. The van der Waals surface area contributed by atoms with Crippen LogP contribution in [0.5, 0.6) is 0 Å². The van der Waals surface area contributed by atoms with Gasteiger partial charge in [0, 0.05) is 24.9 Å². The highest BCUT2D eigenvalue weighted by Crippen LogP contribution is 2.13. The average molecular weight is 345 g/mol. The molecule has 0 fully saturated rings. The largest absolute Gasteiger partial charge is 0.383 e. The first-order valence-corrected chi connectivity index (χ1v) is 7.75. The molecule has 2 aromatic rings. The second-order valence-electron chi connectivity index (χ2n) is 5.21. The summed E-state index contributed by atoms with van der Waals surface area (Å²) in [6.45, 7) is 0.793. The molecule has 0 bridgehead atoms. The molecule has 0 aliphatic carbocycles. The van der Waals surface area contributed by atoms with Crippen LogP contribution in [0.15, 0.2) is 48.5 Å². The third-order valence-electron chi connectivity index (χ3n) is 3.32. The van der Waals surface area contributed by atoms with Gasteiger partial charge in [-0.05, 0) is 30.3 Å². The fourth-order valence-corrected chi connectivity index (χ4v) is 2.08. The minimum atomic E-state index is -0.495. The lowest BCUT2D eigenvalue weighted by molar-refractivity contribution is -0.114. The van der Waals surface area contributed by atoms with Crippen LogP contribution in [0, 0.1) is 5.82 Å². The van der Waals surface area contributed by atoms with Crippen LogP contribution < -0.4 is 16.0 Å². The summed E-state index contributed by atoms with van der Waals surface area (Å²) in [5.74, 6) is -1.11. The van der Waals surface area contributed by atoms with Gasteiger partial charge < -0.3 is 20.7 Å². The van der Waals surface area contributed by atoms with E-state index in [1.54, 1.807) is 43.5 Å². The van der Waals surface area contributed by atoms with E-state index >= 15 is 0 Å². The summed E-state index contributed by atoms with van der Waals surface area (Å²) in [5.41, 5.74) is 1.21. The van der Waals surface area contributed by atoms with E-state index in [9.17, 15) is 14.0 Å². The van der Waals surface area contributed by atoms with Gasteiger partial charge in [-0.2, -0.15) is 0 Å². The normalized spacial score (nSPS) is 10.2. The van der Waals surface area contributed by atoms with Crippen molar-refractivity contribution >= 4 is 23.2 Å². The van der Waals surface area contributed by atoms with Gasteiger partial charge in [0.15, 0.2) is 0 Å². The molecule has 0 spiro atoms. The van der Waals surface area contributed by atoms with Gasteiger partial charge in [0.2, 0.25) is 5.91 Å². The number of hydrogen-bond donors (Lipinski definition) is 3. The molecule has 0 saturated carbocycles. The number of ether oxygens (including phenoxy) is 1. The number of para-hydroxylation sites is 1. The quantitative estimate of drug-likeness (QED) is 0.641. The number of amides is 2. The van der Waals surface area contributed by atoms with E-state index in [0.717, 1.165) is 0 Å². The molecule has 2 amide bonds. The molecule has 0 aliphatic rings. The van der Waals surface area contributed by atoms with Crippen molar-refractivity contribution in [3.8, 4) is 0 Å². The summed E-state index contributed by atoms with van der Waals surface area (Å²) in [4.78, 5) is 23.9. The van der Waals surface area contributed by atoms with Crippen molar-refractivity contribution in [3.05, 3.63) is 59.9 Å². The molecule has 3 N–H and O–H groups in total. The second kappa shape index (κ2) is 9.39. The topological polar surface area (TPSA) is 79.5 Å². The predicted octanol–water partition coefficient (Wildman–Crippen LogP) is 2.25. The first-order chi connectivity index (χ1) is 12.1. The van der Waals surface area contributed by atoms with Crippen molar-refractivity contribution < 1.29 is 18.7 Å². The van der Waals surface area contributed by atoms with Gasteiger partial charge in [-0.1, -0.05) is 18.2 Å². The maximum atomic E-state index is 13.5. The van der Waals surface area contributed by atoms with E-state index in [-0.39, 0.29) is 24.0 Å². The second-order valence-corrected chi connectivity index (χ2v) is 5.21. The third kappa shape index (κ3) is 5.89. The zero-order valence-corrected chi connectivity index (χ0v) is 13.8. The van der Waals surface area contributed by atoms with E-state index in [0.29, 0.717) is 24.4 Å². The van der Waals surface area contributed by atoms with Gasteiger partial charge in [0.25, 0.3) is 5.91 Å². The first kappa shape index (κ1) is 18.4. The predicted molar refractivity (Wildman–Crippen MR) is 94.2 cm³/mol. The van der Waals surface area contributed by atoms with Gasteiger partial charge >= 0.3 is 0 Å². The Morgan fingerprint density at radius 3 is 2.68 bits per heavy atom. The Balaban J connectivity index is 1.88. The molecule has 0 aliphatic heterocycles. The number of methoxy groups -OCH3 is 1. The first-order valence-electron chi connectivity index (χ1n) is 7.75. The van der Waals surface area contributed by atoms with Crippen molar-refractivity contribution in [2.24, 2.45) is 0 Å². The fourth-order valence-electron chi connectivity index (χ4n) is 2.08. The molecule has 0 unspecified atom stereocenters. The van der Waals surface area contributed by atoms with Gasteiger partial charge in [0.1, 0.15) is 5.82 Å². The zero-order chi connectivity index (χ0) is 18.1. The Bertz CT molecular complexity index is 737. The molecular weight excluding hydrogens is 325 g/mol. The van der Waals surface area contributed by atoms with Crippen LogP contribution in [-0.4, -0.2) is 38.6 Å². The number of benzene rings is 2. The van der Waals surface area contributed by atoms with Crippen LogP contribution in [0.25, 0.3) is 0 Å². The van der Waals surface area contributed by atoms with Crippen LogP contribution >= 0.6 is 0 Å². The number of carbonyl (C=O) groups excluding carboxylic acids is 2. The number of hydrogen-bond acceptors (Lipinski definition) is 4. The van der Waals surface area contributed by atoms with Gasteiger partial charge in [-0.3, -0.25) is 9.59 Å². The van der Waals surface area contributed by atoms with Crippen molar-refractivity contribution in [1.82, 2.24) is 5.32 Å². The van der Waals surface area contributed by atoms with Crippen LogP contribution in [0.3, 0.4) is 0 Å². The molecule has 0 heterocycles. The standard InChI is InChI=1S/C18H20FN3O3/c1-25-10-9-20-18(24)13-5-4-6-14(11-13)21-12-17(23)22-16-8-3-2-7-15(16)19/h2-8,11,21H,9-10,12H2,1H3,(H,20,24)(H,22,23). The van der Waals surface area contributed by atoms with Gasteiger partial charge in [-0.25, -0.2) is 4.39 Å². The summed E-state index contributed by atoms with van der Waals surface area (Å²) in [7, 11) is 1.56. The summed E-state index contributed by atoms with van der Waals surface area (Å²) < 4.78 is 18.4. The molecule has 0 saturated heterocycles. The lowest BCUT2D eigenvalue weighted by Gasteiger charge is -2.10. The van der Waals surface area contributed by atoms with E-state index in [1.165, 1.54) is 12.1 Å². The smallest absolute Gasteiger partial charge is 0.251 e. The Hall–Kier alpha value is -2.93. The molecular formula is C18H20FN3O3. The highest BCUT2D eigenvalue weighted by molar-refractivity contribution is 5.96. The van der Waals surface area contributed by atoms with E-state index in [1.807, 2.05) is 0 Å². The minimum absolute atomic E-state index is 0.0525. The minimum Gasteiger partial charge on any atom is -0.383 e. The molecule has 0 radical (unpaired) electrons. The van der Waals surface area contributed by atoms with E-state index < -0.39 is 5.82 Å². The number of halogens is 1. The Kier molecular flexibility index (Phi) is 6.91. The molecule has 6 nitrogen and oxygen atoms in total. The van der Waals surface area contributed by atoms with Crippen LogP contribution in [-0.2, 0) is 9.53 Å². The van der Waals surface area contributed by atoms with Crippen LogP contribution in [0.1, 0.15) is 10.4 Å². The SMILES string of the molecule is COCCNC(=O)c1cccc(NCC(=O)Nc2ccccc2F)c1. The molecule has 132 valence electrons. The van der Waals surface area contributed by atoms with Crippen LogP contribution in [0.2, 0.25) is 0 Å². The van der Waals surface area contributed by atoms with Gasteiger partial charge in [0.05, 0.1) is 18.8 Å². The highest BCUT2D eigenvalue weighted by Gasteiger charge is 2.08. The molecule has 2 aromatic carbocycles. The maximum absolute atomic E-state index is 13.5. The average Bonchev–Trinajstić information content (AvgIpc) is 2.62. The maximum Gasteiger partial charge on any atom is 0.251 e. The number of carbonyl (C=O) groups is 2. The lowest BCUT2D eigenvalue weighted by atomic mass is 10.2. The Labute approximate surface area is 145 Å². The van der Waals surface area contributed by atoms with Crippen molar-refractivity contribution in [2.45, 2.75) is 0 Å². The highest BCUT2D eigenvalue weighted by atomic mass is 19.1. The van der Waals surface area contributed by atoms with Crippen molar-refractivity contribution in [3.63, 3.8) is 0 Å². The van der Waals surface area contributed by atoms with E-state index in [4.69, 9.17) is 4.74 Å². The molecule has 25 heavy (non-hydrogen) atoms. The van der Waals surface area contributed by atoms with Crippen molar-refractivity contribution in [1.29, 1.82) is 0 Å². The lowest BCUT2D eigenvalue weighted by Crippen LogP contribution is -2.27. The van der Waals surface area contributed by atoms with Crippen LogP contribution in [0.4, 0.5) is 15.8 Å². The molecule has 2 rings (SSSR count). The molecule has 0 aromatic heterocycles. The number of anilines is 2. The molecule has 0 atom stereocenters. The number of nitrogens with one attached hydrogen (secondary N) is 3. The van der Waals surface area contributed by atoms with Crippen molar-refractivity contribution in [2.75, 3.05) is 37.4 Å². The van der Waals surface area contributed by atoms with E-state index in [2.05, 4.69) is 16.0 Å². The summed E-state index contributed by atoms with van der Waals surface area (Å²) in [6, 6.07) is 12.7. The Morgan fingerprint density at radius 1 is 1.12 bits per heavy atom. The summed E-state index contributed by atoms with van der Waals surface area (Å²) in [5, 5.41) is 8.11. The zero-order valence-electron chi connectivity index (χ0n) is 13.8. The fraction of sp³-hybridized carbons (Fsp3) is 0.222. The molecule has 7 heteroatoms. The summed E-state index contributed by atoms with van der Waals surface area (Å²) >= 11 is 0. The Morgan fingerprint density at radius 2 is 1.92 bits per heavy atom. The third-order valence-corrected chi connectivity index (χ3v) is 3.32.